The van der Waals surface area contributed by atoms with Crippen molar-refractivity contribution in [2.24, 2.45) is 0 Å². The summed E-state index contributed by atoms with van der Waals surface area (Å²) in [7, 11) is 0. The molecule has 0 aliphatic heterocycles. The SMILES string of the molecule is Nc1cc(C(F)(F)F)ccc1C=C(Br)Br. The normalized spacial score (nSPS) is 11.3. The average Bonchev–Trinajstić information content (AvgIpc) is 2.05. The van der Waals surface area contributed by atoms with E-state index in [4.69, 9.17) is 5.73 Å². The molecule has 6 heteroatoms. The highest BCUT2D eigenvalue weighted by Crippen LogP contribution is 2.32. The molecule has 1 rings (SSSR count). The van der Waals surface area contributed by atoms with Crippen LogP contribution in [0.25, 0.3) is 6.08 Å². The number of benzene rings is 1. The Morgan fingerprint density at radius 1 is 1.27 bits per heavy atom. The average molecular weight is 345 g/mol. The molecule has 82 valence electrons. The molecule has 0 saturated carbocycles. The number of rotatable bonds is 1. The van der Waals surface area contributed by atoms with E-state index >= 15 is 0 Å². The Kier molecular flexibility index (Phi) is 3.83. The fourth-order valence-corrected chi connectivity index (χ4v) is 1.49. The van der Waals surface area contributed by atoms with Crippen LogP contribution in [0.1, 0.15) is 11.1 Å². The molecule has 0 amide bonds. The summed E-state index contributed by atoms with van der Waals surface area (Å²) in [4.78, 5) is 0. The van der Waals surface area contributed by atoms with Gasteiger partial charge in [0, 0.05) is 5.69 Å². The van der Waals surface area contributed by atoms with Crippen molar-refractivity contribution in [3.8, 4) is 0 Å². The van der Waals surface area contributed by atoms with Crippen molar-refractivity contribution in [1.29, 1.82) is 0 Å². The van der Waals surface area contributed by atoms with Gasteiger partial charge in [-0.25, -0.2) is 0 Å². The summed E-state index contributed by atoms with van der Waals surface area (Å²) in [6, 6.07) is 3.22. The molecule has 0 atom stereocenters. The zero-order valence-electron chi connectivity index (χ0n) is 7.28. The van der Waals surface area contributed by atoms with Gasteiger partial charge in [-0.15, -0.1) is 0 Å². The highest BCUT2D eigenvalue weighted by Gasteiger charge is 2.30. The second kappa shape index (κ2) is 4.57. The number of alkyl halides is 3. The van der Waals surface area contributed by atoms with Crippen LogP contribution < -0.4 is 5.73 Å². The van der Waals surface area contributed by atoms with Gasteiger partial charge in [0.25, 0.3) is 0 Å². The van der Waals surface area contributed by atoms with Gasteiger partial charge in [0.15, 0.2) is 0 Å². The van der Waals surface area contributed by atoms with Gasteiger partial charge in [-0.3, -0.25) is 0 Å². The summed E-state index contributed by atoms with van der Waals surface area (Å²) in [5.74, 6) is 0. The van der Waals surface area contributed by atoms with Crippen LogP contribution in [0, 0.1) is 0 Å². The van der Waals surface area contributed by atoms with E-state index in [0.717, 1.165) is 12.1 Å². The Bertz CT molecular complexity index is 395. The Morgan fingerprint density at radius 3 is 2.27 bits per heavy atom. The molecule has 1 nitrogen and oxygen atoms in total. The van der Waals surface area contributed by atoms with Crippen LogP contribution in [0.5, 0.6) is 0 Å². The lowest BCUT2D eigenvalue weighted by Crippen LogP contribution is -2.05. The van der Waals surface area contributed by atoms with Crippen molar-refractivity contribution >= 4 is 43.6 Å². The maximum atomic E-state index is 12.3. The van der Waals surface area contributed by atoms with E-state index < -0.39 is 11.7 Å². The maximum Gasteiger partial charge on any atom is 0.416 e. The first-order valence-electron chi connectivity index (χ1n) is 3.80. The number of hydrogen-bond donors (Lipinski definition) is 1. The van der Waals surface area contributed by atoms with E-state index in [1.807, 2.05) is 0 Å². The molecule has 0 radical (unpaired) electrons. The summed E-state index contributed by atoms with van der Waals surface area (Å²) < 4.78 is 37.4. The minimum atomic E-state index is -4.36. The quantitative estimate of drug-likeness (QED) is 0.752. The van der Waals surface area contributed by atoms with Crippen molar-refractivity contribution in [3.63, 3.8) is 0 Å². The van der Waals surface area contributed by atoms with Gasteiger partial charge in [-0.05, 0) is 55.6 Å². The zero-order chi connectivity index (χ0) is 11.6. The topological polar surface area (TPSA) is 26.0 Å². The first-order valence-corrected chi connectivity index (χ1v) is 5.38. The molecule has 0 bridgehead atoms. The number of hydrogen-bond acceptors (Lipinski definition) is 1. The zero-order valence-corrected chi connectivity index (χ0v) is 10.4. The molecule has 1 aromatic carbocycles. The van der Waals surface area contributed by atoms with E-state index in [9.17, 15) is 13.2 Å². The molecule has 0 aromatic heterocycles. The number of anilines is 1. The molecular formula is C9H6Br2F3N. The van der Waals surface area contributed by atoms with E-state index in [-0.39, 0.29) is 5.69 Å². The molecule has 0 fully saturated rings. The van der Waals surface area contributed by atoms with E-state index in [2.05, 4.69) is 31.9 Å². The van der Waals surface area contributed by atoms with Gasteiger partial charge in [-0.2, -0.15) is 13.2 Å². The summed E-state index contributed by atoms with van der Waals surface area (Å²) in [5, 5.41) is 0. The van der Waals surface area contributed by atoms with Gasteiger partial charge < -0.3 is 5.73 Å². The summed E-state index contributed by atoms with van der Waals surface area (Å²) in [5.41, 5.74) is 5.34. The van der Waals surface area contributed by atoms with Gasteiger partial charge in [0.1, 0.15) is 0 Å². The number of nitrogens with two attached hydrogens (primary N) is 1. The van der Waals surface area contributed by atoms with Crippen LogP contribution in [0.15, 0.2) is 21.6 Å². The van der Waals surface area contributed by atoms with Crippen molar-refractivity contribution < 1.29 is 13.2 Å². The fraction of sp³-hybridized carbons (Fsp3) is 0.111. The van der Waals surface area contributed by atoms with E-state index in [0.29, 0.717) is 8.96 Å². The molecular weight excluding hydrogens is 339 g/mol. The van der Waals surface area contributed by atoms with Crippen molar-refractivity contribution in [2.75, 3.05) is 5.73 Å². The second-order valence-corrected chi connectivity index (χ2v) is 5.55. The first-order chi connectivity index (χ1) is 6.80. The molecule has 15 heavy (non-hydrogen) atoms. The third-order valence-electron chi connectivity index (χ3n) is 1.68. The maximum absolute atomic E-state index is 12.3. The van der Waals surface area contributed by atoms with Crippen LogP contribution in [-0.4, -0.2) is 0 Å². The Labute approximate surface area is 101 Å². The van der Waals surface area contributed by atoms with Gasteiger partial charge >= 0.3 is 6.18 Å². The van der Waals surface area contributed by atoms with E-state index in [1.54, 1.807) is 6.08 Å². The van der Waals surface area contributed by atoms with Crippen molar-refractivity contribution in [2.45, 2.75) is 6.18 Å². The lowest BCUT2D eigenvalue weighted by atomic mass is 10.1. The lowest BCUT2D eigenvalue weighted by Gasteiger charge is -2.08. The minimum absolute atomic E-state index is 0.0845. The predicted octanol–water partition coefficient (Wildman–Crippen LogP) is 4.38. The molecule has 0 saturated heterocycles. The minimum Gasteiger partial charge on any atom is -0.398 e. The molecule has 1 aromatic rings. The highest BCUT2D eigenvalue weighted by atomic mass is 79.9. The Balaban J connectivity index is 3.15. The number of halogens is 5. The lowest BCUT2D eigenvalue weighted by molar-refractivity contribution is -0.137. The van der Waals surface area contributed by atoms with Crippen LogP contribution in [0.4, 0.5) is 18.9 Å². The molecule has 0 aliphatic rings. The van der Waals surface area contributed by atoms with Crippen molar-refractivity contribution in [3.05, 3.63) is 32.7 Å². The molecule has 0 spiro atoms. The monoisotopic (exact) mass is 343 g/mol. The molecule has 2 N–H and O–H groups in total. The fourth-order valence-electron chi connectivity index (χ4n) is 1.00. The first kappa shape index (κ1) is 12.6. The van der Waals surface area contributed by atoms with Crippen LogP contribution >= 0.6 is 31.9 Å². The Hall–Kier alpha value is -0.490. The van der Waals surface area contributed by atoms with Crippen LogP contribution in [0.2, 0.25) is 0 Å². The van der Waals surface area contributed by atoms with Gasteiger partial charge in [0.05, 0.1) is 8.96 Å². The highest BCUT2D eigenvalue weighted by molar-refractivity contribution is 9.28. The smallest absolute Gasteiger partial charge is 0.398 e. The predicted molar refractivity (Wildman–Crippen MR) is 61.7 cm³/mol. The van der Waals surface area contributed by atoms with Gasteiger partial charge in [0.2, 0.25) is 0 Å². The largest absolute Gasteiger partial charge is 0.416 e. The molecule has 0 aliphatic carbocycles. The molecule has 0 heterocycles. The van der Waals surface area contributed by atoms with Crippen molar-refractivity contribution in [1.82, 2.24) is 0 Å². The third kappa shape index (κ3) is 3.53. The summed E-state index contributed by atoms with van der Waals surface area (Å²) in [6.07, 6.45) is -2.78. The summed E-state index contributed by atoms with van der Waals surface area (Å²) in [6.45, 7) is 0. The summed E-state index contributed by atoms with van der Waals surface area (Å²) >= 11 is 6.21. The Morgan fingerprint density at radius 2 is 1.87 bits per heavy atom. The van der Waals surface area contributed by atoms with E-state index in [1.165, 1.54) is 6.07 Å². The van der Waals surface area contributed by atoms with Gasteiger partial charge in [-0.1, -0.05) is 6.07 Å². The van der Waals surface area contributed by atoms with Crippen LogP contribution in [0.3, 0.4) is 0 Å². The third-order valence-corrected chi connectivity index (χ3v) is 2.14. The standard InChI is InChI=1S/C9H6Br2F3N/c10-8(11)3-5-1-2-6(4-7(5)15)9(12,13)14/h1-4H,15H2. The van der Waals surface area contributed by atoms with Crippen LogP contribution in [-0.2, 0) is 6.18 Å². The second-order valence-electron chi connectivity index (χ2n) is 2.78. The number of nitrogen functional groups attached to an aromatic ring is 1. The molecule has 0 unspecified atom stereocenters.